The maximum atomic E-state index is 13.9. The molecule has 7 rings (SSSR count). The first-order chi connectivity index (χ1) is 21.8. The number of piperidine rings is 2. The van der Waals surface area contributed by atoms with Crippen LogP contribution >= 0.6 is 0 Å². The molecular formula is C35H59N4O7+. The number of aliphatic hydroxyl groups excluding tert-OH is 1. The van der Waals surface area contributed by atoms with Gasteiger partial charge in [-0.1, -0.05) is 12.8 Å². The molecule has 5 heterocycles. The van der Waals surface area contributed by atoms with Gasteiger partial charge in [-0.15, -0.1) is 0 Å². The van der Waals surface area contributed by atoms with E-state index < -0.39 is 29.3 Å². The number of carbonyl (C=O) groups is 2. The van der Waals surface area contributed by atoms with Crippen LogP contribution in [-0.4, -0.2) is 89.6 Å². The highest BCUT2D eigenvalue weighted by Crippen LogP contribution is 2.57. The highest BCUT2D eigenvalue weighted by molar-refractivity contribution is 5.84. The lowest BCUT2D eigenvalue weighted by Gasteiger charge is -2.53. The van der Waals surface area contributed by atoms with E-state index in [0.717, 1.165) is 51.5 Å². The molecule has 5 saturated heterocycles. The summed E-state index contributed by atoms with van der Waals surface area (Å²) in [5, 5.41) is 17.2. The summed E-state index contributed by atoms with van der Waals surface area (Å²) in [7, 11) is 0. The Morgan fingerprint density at radius 2 is 1.83 bits per heavy atom. The van der Waals surface area contributed by atoms with E-state index in [9.17, 15) is 14.7 Å². The minimum Gasteiger partial charge on any atom is -0.457 e. The summed E-state index contributed by atoms with van der Waals surface area (Å²) in [5.74, 6) is -0.0697. The van der Waals surface area contributed by atoms with Gasteiger partial charge in [-0.2, -0.15) is 0 Å². The Balaban J connectivity index is 1.01. The van der Waals surface area contributed by atoms with Crippen molar-refractivity contribution in [1.82, 2.24) is 5.32 Å². The van der Waals surface area contributed by atoms with E-state index in [1.165, 1.54) is 12.8 Å². The number of nitrogens with two attached hydrogens (primary N) is 3. The molecule has 7 aliphatic rings. The minimum absolute atomic E-state index is 0.0538. The zero-order valence-corrected chi connectivity index (χ0v) is 28.3. The molecule has 5 aliphatic heterocycles. The maximum Gasteiger partial charge on any atom is 0.341 e. The summed E-state index contributed by atoms with van der Waals surface area (Å²) in [6.07, 6.45) is 8.94. The number of fused-ring (bicyclic) bond motifs is 2. The van der Waals surface area contributed by atoms with Gasteiger partial charge in [0.2, 0.25) is 0 Å². The smallest absolute Gasteiger partial charge is 0.341 e. The van der Waals surface area contributed by atoms with Crippen molar-refractivity contribution in [2.24, 2.45) is 40.6 Å². The number of Topliss-reactive ketones (excluding diaryl/α,β-unsaturated/α-hetero) is 1. The minimum atomic E-state index is -0.994. The number of carbonyl (C=O) groups excluding carboxylic acids is 2. The fourth-order valence-electron chi connectivity index (χ4n) is 10.8. The number of hydrogen-bond donors (Lipinski definition) is 5. The van der Waals surface area contributed by atoms with Crippen molar-refractivity contribution in [3.8, 4) is 0 Å². The number of aliphatic hydroxyl groups is 1. The van der Waals surface area contributed by atoms with Gasteiger partial charge in [-0.25, -0.2) is 4.79 Å². The number of hydrogen-bond acceptors (Lipinski definition) is 10. The normalized spacial score (nSPS) is 49.9. The molecule has 11 heteroatoms. The number of rotatable bonds is 6. The van der Waals surface area contributed by atoms with Crippen LogP contribution in [-0.2, 0) is 28.5 Å². The van der Waals surface area contributed by atoms with Gasteiger partial charge in [-0.3, -0.25) is 10.5 Å². The van der Waals surface area contributed by atoms with Crippen LogP contribution in [0.5, 0.6) is 0 Å². The van der Waals surface area contributed by atoms with Crippen LogP contribution in [0, 0.1) is 29.1 Å². The van der Waals surface area contributed by atoms with Crippen molar-refractivity contribution >= 4 is 11.8 Å². The molecule has 0 aromatic rings. The van der Waals surface area contributed by atoms with E-state index in [2.05, 4.69) is 10.6 Å². The monoisotopic (exact) mass is 647 g/mol. The third-order valence-electron chi connectivity index (χ3n) is 13.5. The van der Waals surface area contributed by atoms with Crippen molar-refractivity contribution < 1.29 is 39.0 Å². The molecule has 46 heavy (non-hydrogen) atoms. The predicted molar refractivity (Wildman–Crippen MR) is 169 cm³/mol. The topological polar surface area (TPSA) is 175 Å². The Morgan fingerprint density at radius 1 is 1.07 bits per heavy atom. The van der Waals surface area contributed by atoms with E-state index in [-0.39, 0.29) is 59.8 Å². The van der Waals surface area contributed by atoms with Gasteiger partial charge in [0, 0.05) is 37.5 Å². The fraction of sp³-hybridized carbons (Fsp3) is 0.943. The van der Waals surface area contributed by atoms with Crippen LogP contribution < -0.4 is 22.1 Å². The Morgan fingerprint density at radius 3 is 2.57 bits per heavy atom. The van der Waals surface area contributed by atoms with Crippen molar-refractivity contribution in [3.63, 3.8) is 0 Å². The number of ether oxygens (including phenoxy) is 4. The molecule has 0 aromatic heterocycles. The maximum absolute atomic E-state index is 13.9. The molecule has 260 valence electrons. The highest BCUT2D eigenvalue weighted by Gasteiger charge is 2.65. The van der Waals surface area contributed by atoms with E-state index >= 15 is 0 Å². The lowest BCUT2D eigenvalue weighted by molar-refractivity contribution is -0.739. The summed E-state index contributed by atoms with van der Waals surface area (Å²) >= 11 is 0. The van der Waals surface area contributed by atoms with Crippen molar-refractivity contribution in [1.29, 1.82) is 0 Å². The second-order valence-electron chi connectivity index (χ2n) is 17.0. The molecule has 11 nitrogen and oxygen atoms in total. The lowest BCUT2D eigenvalue weighted by atomic mass is 9.63. The number of esters is 1. The van der Waals surface area contributed by atoms with Crippen LogP contribution in [0.3, 0.4) is 0 Å². The van der Waals surface area contributed by atoms with Gasteiger partial charge in [0.05, 0.1) is 54.2 Å². The largest absolute Gasteiger partial charge is 0.457 e. The van der Waals surface area contributed by atoms with Crippen molar-refractivity contribution in [2.75, 3.05) is 6.54 Å². The molecule has 2 aliphatic carbocycles. The van der Waals surface area contributed by atoms with Gasteiger partial charge in [-0.05, 0) is 84.1 Å². The third kappa shape index (κ3) is 6.10. The molecule has 0 aromatic carbocycles. The first-order valence-electron chi connectivity index (χ1n) is 18.3. The molecule has 0 spiro atoms. The summed E-state index contributed by atoms with van der Waals surface area (Å²) in [6, 6.07) is 0.484. The van der Waals surface area contributed by atoms with Crippen LogP contribution in [0.25, 0.3) is 0 Å². The molecule has 2 saturated carbocycles. The van der Waals surface area contributed by atoms with Gasteiger partial charge >= 0.3 is 5.97 Å². The number of epoxide rings is 1. The standard InChI is InChI=1S/C35H58N4O7/c1-18-11-23(40)30-25(43-18)16-24-21(31(30)41)15-26(33(2,3)45-24)44-32(42)34(4)27(46-34)17-35(8-5-6-9-35)20-13-22(39-29(37)14-20)19-7-10-38-28(36)12-19/h18-22,24-31,38-39,41H,5-17,36-37H2,1-4H3/p+1. The van der Waals surface area contributed by atoms with Crippen molar-refractivity contribution in [3.05, 3.63) is 0 Å². The van der Waals surface area contributed by atoms with Crippen LogP contribution in [0.15, 0.2) is 0 Å². The zero-order chi connectivity index (χ0) is 32.6. The summed E-state index contributed by atoms with van der Waals surface area (Å²) < 4.78 is 25.1. The van der Waals surface area contributed by atoms with Gasteiger partial charge in [0.15, 0.2) is 5.60 Å². The Bertz CT molecular complexity index is 1160. The average molecular weight is 648 g/mol. The van der Waals surface area contributed by atoms with Crippen LogP contribution in [0.1, 0.15) is 105 Å². The first kappa shape index (κ1) is 33.3. The Kier molecular flexibility index (Phi) is 8.91. The van der Waals surface area contributed by atoms with Crippen LogP contribution in [0.2, 0.25) is 0 Å². The molecule has 8 N–H and O–H groups in total. The molecule has 0 amide bonds. The van der Waals surface area contributed by atoms with Gasteiger partial charge in [0.25, 0.3) is 0 Å². The lowest BCUT2D eigenvalue weighted by Crippen LogP contribution is -3.00. The second kappa shape index (κ2) is 12.3. The quantitative estimate of drug-likeness (QED) is 0.208. The number of ketones is 1. The Hall–Kier alpha value is -1.18. The fourth-order valence-corrected chi connectivity index (χ4v) is 10.8. The summed E-state index contributed by atoms with van der Waals surface area (Å²) in [4.78, 5) is 26.8. The summed E-state index contributed by atoms with van der Waals surface area (Å²) in [5.41, 5.74) is 11.4. The molecular weight excluding hydrogens is 588 g/mol. The first-order valence-corrected chi connectivity index (χ1v) is 18.3. The van der Waals surface area contributed by atoms with Crippen molar-refractivity contribution in [2.45, 2.75) is 171 Å². The average Bonchev–Trinajstić information content (AvgIpc) is 3.39. The predicted octanol–water partition coefficient (Wildman–Crippen LogP) is 1.23. The highest BCUT2D eigenvalue weighted by atomic mass is 16.7. The Labute approximate surface area is 273 Å². The van der Waals surface area contributed by atoms with Gasteiger partial charge < -0.3 is 40.4 Å². The molecule has 7 fully saturated rings. The number of quaternary nitrogens is 1. The van der Waals surface area contributed by atoms with E-state index in [4.69, 9.17) is 30.4 Å². The zero-order valence-electron chi connectivity index (χ0n) is 28.3. The SMILES string of the molecule is CC1CC(=O)C2C(CC3OC(C)(C)C(OC(=O)C4(C)OC4CC4(C5CC(N)[NH2+]C(C6CCNC(N)C6)C5)CCCC4)CC3C2O)O1. The second-order valence-corrected chi connectivity index (χ2v) is 17.0. The van der Waals surface area contributed by atoms with E-state index in [1.807, 2.05) is 27.7 Å². The van der Waals surface area contributed by atoms with E-state index in [0.29, 0.717) is 37.1 Å². The molecule has 0 radical (unpaired) electrons. The van der Waals surface area contributed by atoms with Crippen LogP contribution in [0.4, 0.5) is 0 Å². The molecule has 14 atom stereocenters. The van der Waals surface area contributed by atoms with Gasteiger partial charge in [0.1, 0.15) is 18.1 Å². The summed E-state index contributed by atoms with van der Waals surface area (Å²) in [6.45, 7) is 8.65. The number of nitrogens with one attached hydrogen (secondary N) is 1. The molecule has 0 bridgehead atoms. The van der Waals surface area contributed by atoms with E-state index in [1.54, 1.807) is 0 Å². The molecule has 14 unspecified atom stereocenters. The third-order valence-corrected chi connectivity index (χ3v) is 13.5.